The van der Waals surface area contributed by atoms with Crippen LogP contribution in [0.25, 0.3) is 0 Å². The molecule has 1 aromatic carbocycles. The Kier molecular flexibility index (Phi) is 6.05. The van der Waals surface area contributed by atoms with Gasteiger partial charge >= 0.3 is 0 Å². The van der Waals surface area contributed by atoms with Gasteiger partial charge in [0.15, 0.2) is 0 Å². The average molecular weight is 393 g/mol. The maximum atomic E-state index is 12.1. The standard InChI is InChI=1S/C14H14Cl2N2O3S2/c1-17-23(20,21)8-10-5-3-2-4-9(10)7-18-14(19)11-6-12(15)22-13(11)16/h2-6,17H,7-8H2,1H3,(H,18,19). The lowest BCUT2D eigenvalue weighted by Gasteiger charge is -2.10. The Bertz CT molecular complexity index is 819. The van der Waals surface area contributed by atoms with E-state index in [2.05, 4.69) is 10.0 Å². The van der Waals surface area contributed by atoms with Gasteiger partial charge in [0.25, 0.3) is 5.91 Å². The molecule has 0 radical (unpaired) electrons. The highest BCUT2D eigenvalue weighted by Crippen LogP contribution is 2.31. The molecule has 0 spiro atoms. The number of rotatable bonds is 6. The first-order valence-corrected chi connectivity index (χ1v) is 9.76. The summed E-state index contributed by atoms with van der Waals surface area (Å²) in [5.41, 5.74) is 1.65. The van der Waals surface area contributed by atoms with E-state index in [1.165, 1.54) is 13.1 Å². The molecule has 0 saturated heterocycles. The number of carbonyl (C=O) groups excluding carboxylic acids is 1. The highest BCUT2D eigenvalue weighted by molar-refractivity contribution is 7.88. The molecule has 5 nitrogen and oxygen atoms in total. The second-order valence-corrected chi connectivity index (χ2v) is 8.86. The number of benzene rings is 1. The summed E-state index contributed by atoms with van der Waals surface area (Å²) in [7, 11) is -2.03. The van der Waals surface area contributed by atoms with E-state index in [1.807, 2.05) is 0 Å². The summed E-state index contributed by atoms with van der Waals surface area (Å²) in [6, 6.07) is 8.52. The van der Waals surface area contributed by atoms with Crippen LogP contribution >= 0.6 is 34.5 Å². The van der Waals surface area contributed by atoms with Crippen molar-refractivity contribution in [1.29, 1.82) is 0 Å². The fourth-order valence-electron chi connectivity index (χ4n) is 1.91. The monoisotopic (exact) mass is 392 g/mol. The molecule has 1 heterocycles. The Morgan fingerprint density at radius 3 is 2.43 bits per heavy atom. The van der Waals surface area contributed by atoms with Gasteiger partial charge in [-0.3, -0.25) is 4.79 Å². The van der Waals surface area contributed by atoms with Crippen LogP contribution in [0.15, 0.2) is 30.3 Å². The fraction of sp³-hybridized carbons (Fsp3) is 0.214. The van der Waals surface area contributed by atoms with Gasteiger partial charge in [0.05, 0.1) is 15.7 Å². The smallest absolute Gasteiger partial charge is 0.253 e. The third-order valence-corrected chi connectivity index (χ3v) is 5.92. The van der Waals surface area contributed by atoms with Crippen LogP contribution in [-0.2, 0) is 22.3 Å². The molecule has 2 rings (SSSR count). The molecule has 1 amide bonds. The average Bonchev–Trinajstić information content (AvgIpc) is 2.84. The quantitative estimate of drug-likeness (QED) is 0.792. The zero-order valence-corrected chi connectivity index (χ0v) is 15.2. The molecular formula is C14H14Cl2N2O3S2. The highest BCUT2D eigenvalue weighted by atomic mass is 35.5. The molecule has 0 aliphatic heterocycles. The van der Waals surface area contributed by atoms with E-state index in [0.29, 0.717) is 19.8 Å². The molecule has 124 valence electrons. The molecule has 0 aliphatic carbocycles. The molecule has 0 unspecified atom stereocenters. The molecule has 1 aromatic heterocycles. The van der Waals surface area contributed by atoms with Gasteiger partial charge in [-0.2, -0.15) is 0 Å². The van der Waals surface area contributed by atoms with E-state index in [9.17, 15) is 13.2 Å². The van der Waals surface area contributed by atoms with E-state index in [4.69, 9.17) is 23.2 Å². The number of carbonyl (C=O) groups is 1. The van der Waals surface area contributed by atoms with Crippen LogP contribution in [0.3, 0.4) is 0 Å². The van der Waals surface area contributed by atoms with E-state index < -0.39 is 10.0 Å². The molecule has 0 bridgehead atoms. The highest BCUT2D eigenvalue weighted by Gasteiger charge is 2.16. The summed E-state index contributed by atoms with van der Waals surface area (Å²) >= 11 is 12.9. The predicted octanol–water partition coefficient (Wildman–Crippen LogP) is 3.03. The van der Waals surface area contributed by atoms with Crippen LogP contribution in [0.1, 0.15) is 21.5 Å². The van der Waals surface area contributed by atoms with Crippen LogP contribution in [0.5, 0.6) is 0 Å². The van der Waals surface area contributed by atoms with Crippen molar-refractivity contribution in [3.63, 3.8) is 0 Å². The van der Waals surface area contributed by atoms with Gasteiger partial charge in [-0.1, -0.05) is 47.5 Å². The van der Waals surface area contributed by atoms with E-state index in [1.54, 1.807) is 24.3 Å². The lowest BCUT2D eigenvalue weighted by Crippen LogP contribution is -2.25. The lowest BCUT2D eigenvalue weighted by atomic mass is 10.1. The summed E-state index contributed by atoms with van der Waals surface area (Å²) in [4.78, 5) is 12.1. The van der Waals surface area contributed by atoms with Crippen molar-refractivity contribution in [2.75, 3.05) is 7.05 Å². The number of halogens is 2. The van der Waals surface area contributed by atoms with Crippen molar-refractivity contribution in [3.05, 3.63) is 55.7 Å². The Labute approximate surface area is 148 Å². The third kappa shape index (κ3) is 4.92. The molecule has 0 aliphatic rings. The van der Waals surface area contributed by atoms with E-state index >= 15 is 0 Å². The molecule has 9 heteroatoms. The Balaban J connectivity index is 2.12. The lowest BCUT2D eigenvalue weighted by molar-refractivity contribution is 0.0951. The second kappa shape index (κ2) is 7.63. The van der Waals surface area contributed by atoms with Gasteiger partial charge < -0.3 is 5.32 Å². The Morgan fingerprint density at radius 2 is 1.87 bits per heavy atom. The zero-order chi connectivity index (χ0) is 17.0. The summed E-state index contributed by atoms with van der Waals surface area (Å²) < 4.78 is 26.4. The minimum absolute atomic E-state index is 0.152. The minimum atomic E-state index is -3.39. The predicted molar refractivity (Wildman–Crippen MR) is 93.6 cm³/mol. The van der Waals surface area contributed by atoms with E-state index in [0.717, 1.165) is 16.9 Å². The molecular weight excluding hydrogens is 379 g/mol. The minimum Gasteiger partial charge on any atom is -0.348 e. The van der Waals surface area contributed by atoms with Gasteiger partial charge in [-0.25, -0.2) is 13.1 Å². The van der Waals surface area contributed by atoms with Crippen LogP contribution in [-0.4, -0.2) is 21.4 Å². The van der Waals surface area contributed by atoms with E-state index in [-0.39, 0.29) is 18.2 Å². The number of amides is 1. The van der Waals surface area contributed by atoms with Crippen molar-refractivity contribution in [2.24, 2.45) is 0 Å². The molecule has 23 heavy (non-hydrogen) atoms. The molecule has 0 fully saturated rings. The van der Waals surface area contributed by atoms with Crippen LogP contribution in [0.2, 0.25) is 8.67 Å². The topological polar surface area (TPSA) is 75.3 Å². The van der Waals surface area contributed by atoms with Gasteiger partial charge in [-0.15, -0.1) is 11.3 Å². The summed E-state index contributed by atoms with van der Waals surface area (Å²) in [5, 5.41) is 2.72. The maximum absolute atomic E-state index is 12.1. The number of hydrogen-bond acceptors (Lipinski definition) is 4. The number of nitrogens with one attached hydrogen (secondary N) is 2. The number of hydrogen-bond donors (Lipinski definition) is 2. The first-order chi connectivity index (χ1) is 10.8. The fourth-order valence-corrected chi connectivity index (χ4v) is 4.21. The largest absolute Gasteiger partial charge is 0.348 e. The van der Waals surface area contributed by atoms with Crippen molar-refractivity contribution >= 4 is 50.5 Å². The molecule has 0 atom stereocenters. The van der Waals surface area contributed by atoms with Crippen molar-refractivity contribution in [3.8, 4) is 0 Å². The summed E-state index contributed by atoms with van der Waals surface area (Å²) in [5.74, 6) is -0.509. The molecule has 2 N–H and O–H groups in total. The third-order valence-electron chi connectivity index (χ3n) is 3.12. The number of thiophene rings is 1. The van der Waals surface area contributed by atoms with Crippen LogP contribution in [0, 0.1) is 0 Å². The van der Waals surface area contributed by atoms with Gasteiger partial charge in [0, 0.05) is 6.54 Å². The Morgan fingerprint density at radius 1 is 1.22 bits per heavy atom. The van der Waals surface area contributed by atoms with Crippen molar-refractivity contribution in [1.82, 2.24) is 10.0 Å². The summed E-state index contributed by atoms with van der Waals surface area (Å²) in [6.45, 7) is 0.192. The van der Waals surface area contributed by atoms with Crippen LogP contribution in [0.4, 0.5) is 0 Å². The summed E-state index contributed by atoms with van der Waals surface area (Å²) in [6.07, 6.45) is 0. The maximum Gasteiger partial charge on any atom is 0.253 e. The molecule has 0 saturated carbocycles. The van der Waals surface area contributed by atoms with Crippen molar-refractivity contribution < 1.29 is 13.2 Å². The van der Waals surface area contributed by atoms with Gasteiger partial charge in [0.2, 0.25) is 10.0 Å². The molecule has 2 aromatic rings. The van der Waals surface area contributed by atoms with Gasteiger partial charge in [-0.05, 0) is 24.2 Å². The van der Waals surface area contributed by atoms with Crippen molar-refractivity contribution in [2.45, 2.75) is 12.3 Å². The normalized spacial score (nSPS) is 11.4. The second-order valence-electron chi connectivity index (χ2n) is 4.65. The Hall–Kier alpha value is -1.12. The number of sulfonamides is 1. The first kappa shape index (κ1) is 18.2. The zero-order valence-electron chi connectivity index (χ0n) is 12.1. The van der Waals surface area contributed by atoms with Gasteiger partial charge in [0.1, 0.15) is 4.34 Å². The SMILES string of the molecule is CNS(=O)(=O)Cc1ccccc1CNC(=O)c1cc(Cl)sc1Cl. The van der Waals surface area contributed by atoms with Crippen LogP contribution < -0.4 is 10.0 Å². The first-order valence-electron chi connectivity index (χ1n) is 6.53.